The SMILES string of the molecule is CCCN1C(=O)C2CC=C3C(CC4C(=O)C(c5ccccc5)=CC(=O)C4(c4ccccc4)C3c3ccc(OC)cc3O)C2C1=O. The molecule has 3 aromatic rings. The van der Waals surface area contributed by atoms with Crippen LogP contribution in [0, 0.1) is 23.7 Å². The third-order valence-corrected chi connectivity index (χ3v) is 10.5. The van der Waals surface area contributed by atoms with Crippen molar-refractivity contribution < 1.29 is 29.0 Å². The van der Waals surface area contributed by atoms with Gasteiger partial charge in [-0.2, -0.15) is 0 Å². The van der Waals surface area contributed by atoms with E-state index in [1.54, 1.807) is 12.1 Å². The fourth-order valence-electron chi connectivity index (χ4n) is 8.62. The fourth-order valence-corrected chi connectivity index (χ4v) is 8.62. The van der Waals surface area contributed by atoms with Gasteiger partial charge < -0.3 is 9.84 Å². The number of nitrogens with zero attached hydrogens (tertiary/aromatic N) is 1. The van der Waals surface area contributed by atoms with Crippen LogP contribution in [0.15, 0.2) is 96.6 Å². The van der Waals surface area contributed by atoms with Crippen molar-refractivity contribution >= 4 is 29.0 Å². The molecule has 45 heavy (non-hydrogen) atoms. The molecule has 2 fully saturated rings. The predicted octanol–water partition coefficient (Wildman–Crippen LogP) is 5.64. The molecule has 1 saturated heterocycles. The summed E-state index contributed by atoms with van der Waals surface area (Å²) < 4.78 is 5.39. The number of fused-ring (bicyclic) bond motifs is 4. The van der Waals surface area contributed by atoms with Crippen LogP contribution in [-0.4, -0.2) is 47.0 Å². The lowest BCUT2D eigenvalue weighted by Crippen LogP contribution is -2.58. The lowest BCUT2D eigenvalue weighted by atomic mass is 9.44. The number of amides is 2. The van der Waals surface area contributed by atoms with E-state index in [9.17, 15) is 24.3 Å². The van der Waals surface area contributed by atoms with Gasteiger partial charge >= 0.3 is 0 Å². The Morgan fingerprint density at radius 3 is 2.29 bits per heavy atom. The molecule has 0 aromatic heterocycles. The molecule has 1 saturated carbocycles. The maximum Gasteiger partial charge on any atom is 0.233 e. The standard InChI is InChI=1S/C38H35NO6/c1-3-18-39-36(43)27-17-16-25-29(33(27)37(39)44)20-30-35(42)28(22-10-6-4-7-11-22)21-32(41)38(30,23-12-8-5-9-13-23)34(25)26-15-14-24(45-2)19-31(26)40/h4-16,19,21,27,29-30,33-34,40H,3,17-18,20H2,1-2H3. The number of hydrogen-bond acceptors (Lipinski definition) is 6. The molecule has 2 amide bonds. The number of Topliss-reactive ketones (excluding diaryl/α,β-unsaturated/α-hetero) is 1. The van der Waals surface area contributed by atoms with Gasteiger partial charge in [0.25, 0.3) is 0 Å². The Balaban J connectivity index is 1.51. The first-order chi connectivity index (χ1) is 21.8. The highest BCUT2D eigenvalue weighted by Crippen LogP contribution is 2.64. The molecule has 0 bridgehead atoms. The first kappa shape index (κ1) is 29.0. The Bertz CT molecular complexity index is 1780. The van der Waals surface area contributed by atoms with Crippen LogP contribution in [0.2, 0.25) is 0 Å². The zero-order valence-electron chi connectivity index (χ0n) is 25.3. The first-order valence-corrected chi connectivity index (χ1v) is 15.7. The molecule has 4 aliphatic rings. The van der Waals surface area contributed by atoms with E-state index in [0.29, 0.717) is 47.4 Å². The van der Waals surface area contributed by atoms with Crippen LogP contribution < -0.4 is 4.74 Å². The van der Waals surface area contributed by atoms with Gasteiger partial charge in [-0.15, -0.1) is 0 Å². The van der Waals surface area contributed by atoms with Crippen molar-refractivity contribution in [2.75, 3.05) is 13.7 Å². The summed E-state index contributed by atoms with van der Waals surface area (Å²) in [6.07, 6.45) is 4.74. The summed E-state index contributed by atoms with van der Waals surface area (Å²) in [5, 5.41) is 11.5. The molecule has 7 nitrogen and oxygen atoms in total. The second kappa shape index (κ2) is 11.0. The molecular weight excluding hydrogens is 566 g/mol. The van der Waals surface area contributed by atoms with Gasteiger partial charge in [-0.25, -0.2) is 0 Å². The van der Waals surface area contributed by atoms with Crippen molar-refractivity contribution in [1.29, 1.82) is 0 Å². The number of carbonyl (C=O) groups is 4. The van der Waals surface area contributed by atoms with Crippen LogP contribution in [0.3, 0.4) is 0 Å². The summed E-state index contributed by atoms with van der Waals surface area (Å²) in [6, 6.07) is 23.6. The van der Waals surface area contributed by atoms with Gasteiger partial charge in [0.05, 0.1) is 24.4 Å². The number of phenolic OH excluding ortho intramolecular Hbond substituents is 1. The number of rotatable bonds is 6. The van der Waals surface area contributed by atoms with Gasteiger partial charge in [-0.05, 0) is 48.4 Å². The lowest BCUT2D eigenvalue weighted by molar-refractivity contribution is -0.140. The van der Waals surface area contributed by atoms with Gasteiger partial charge in [0.15, 0.2) is 11.6 Å². The van der Waals surface area contributed by atoms with Crippen LogP contribution in [0.1, 0.15) is 48.8 Å². The average Bonchev–Trinajstić information content (AvgIpc) is 3.31. The number of imide groups is 1. The van der Waals surface area contributed by atoms with Crippen LogP contribution in [-0.2, 0) is 24.6 Å². The van der Waals surface area contributed by atoms with Crippen LogP contribution in [0.5, 0.6) is 11.5 Å². The zero-order valence-corrected chi connectivity index (χ0v) is 25.3. The van der Waals surface area contributed by atoms with Crippen LogP contribution >= 0.6 is 0 Å². The second-order valence-electron chi connectivity index (χ2n) is 12.5. The Labute approximate surface area is 262 Å². The average molecular weight is 602 g/mol. The molecule has 3 aliphatic carbocycles. The predicted molar refractivity (Wildman–Crippen MR) is 168 cm³/mol. The molecule has 6 unspecified atom stereocenters. The van der Waals surface area contributed by atoms with Crippen LogP contribution in [0.25, 0.3) is 5.57 Å². The second-order valence-corrected chi connectivity index (χ2v) is 12.5. The number of likely N-dealkylation sites (tertiary alicyclic amines) is 1. The van der Waals surface area contributed by atoms with Crippen molar-refractivity contribution in [2.45, 2.75) is 37.5 Å². The number of benzene rings is 3. The molecule has 228 valence electrons. The molecule has 0 spiro atoms. The number of carbonyl (C=O) groups excluding carboxylic acids is 4. The molecule has 0 radical (unpaired) electrons. The Kier molecular flexibility index (Phi) is 7.07. The summed E-state index contributed by atoms with van der Waals surface area (Å²) in [5.41, 5.74) is 1.61. The van der Waals surface area contributed by atoms with E-state index in [0.717, 1.165) is 5.57 Å². The summed E-state index contributed by atoms with van der Waals surface area (Å²) in [7, 11) is 1.51. The van der Waals surface area contributed by atoms with Crippen LogP contribution in [0.4, 0.5) is 0 Å². The summed E-state index contributed by atoms with van der Waals surface area (Å²) in [5.74, 6) is -3.57. The molecule has 7 heteroatoms. The minimum atomic E-state index is -1.38. The third-order valence-electron chi connectivity index (χ3n) is 10.5. The lowest BCUT2D eigenvalue weighted by Gasteiger charge is -2.55. The number of ketones is 2. The van der Waals surface area contributed by atoms with E-state index in [2.05, 4.69) is 0 Å². The van der Waals surface area contributed by atoms with E-state index in [4.69, 9.17) is 4.74 Å². The van der Waals surface area contributed by atoms with E-state index < -0.39 is 35.0 Å². The van der Waals surface area contributed by atoms with E-state index in [1.807, 2.05) is 73.7 Å². The Hall–Kier alpha value is -4.78. The number of methoxy groups -OCH3 is 1. The molecule has 1 aliphatic heterocycles. The van der Waals surface area contributed by atoms with Crippen molar-refractivity contribution in [3.05, 3.63) is 113 Å². The van der Waals surface area contributed by atoms with Crippen molar-refractivity contribution in [1.82, 2.24) is 4.90 Å². The third kappa shape index (κ3) is 4.16. The first-order valence-electron chi connectivity index (χ1n) is 15.7. The summed E-state index contributed by atoms with van der Waals surface area (Å²) in [4.78, 5) is 58.7. The summed E-state index contributed by atoms with van der Waals surface area (Å²) >= 11 is 0. The van der Waals surface area contributed by atoms with E-state index in [-0.39, 0.29) is 35.6 Å². The molecule has 6 atom stereocenters. The quantitative estimate of drug-likeness (QED) is 0.290. The highest BCUT2D eigenvalue weighted by Gasteiger charge is 2.66. The number of aromatic hydroxyl groups is 1. The number of phenols is 1. The van der Waals surface area contributed by atoms with Gasteiger partial charge in [-0.3, -0.25) is 24.1 Å². The molecule has 1 heterocycles. The maximum absolute atomic E-state index is 15.0. The zero-order chi connectivity index (χ0) is 31.5. The maximum atomic E-state index is 15.0. The highest BCUT2D eigenvalue weighted by molar-refractivity contribution is 6.31. The molecule has 1 N–H and O–H groups in total. The number of hydrogen-bond donors (Lipinski definition) is 1. The van der Waals surface area contributed by atoms with Gasteiger partial charge in [0.2, 0.25) is 11.8 Å². The Morgan fingerprint density at radius 2 is 1.62 bits per heavy atom. The molecule has 3 aromatic carbocycles. The van der Waals surface area contributed by atoms with Crippen molar-refractivity contribution in [3.63, 3.8) is 0 Å². The smallest absolute Gasteiger partial charge is 0.233 e. The van der Waals surface area contributed by atoms with Gasteiger partial charge in [-0.1, -0.05) is 85.3 Å². The normalized spacial score (nSPS) is 29.0. The molecule has 7 rings (SSSR count). The Morgan fingerprint density at radius 1 is 0.911 bits per heavy atom. The highest BCUT2D eigenvalue weighted by atomic mass is 16.5. The minimum Gasteiger partial charge on any atom is -0.508 e. The monoisotopic (exact) mass is 601 g/mol. The number of allylic oxidation sites excluding steroid dienone is 4. The summed E-state index contributed by atoms with van der Waals surface area (Å²) in [6.45, 7) is 2.29. The van der Waals surface area contributed by atoms with Crippen molar-refractivity contribution in [2.24, 2.45) is 23.7 Å². The topological polar surface area (TPSA) is 101 Å². The molecular formula is C38H35NO6. The number of ether oxygens (including phenoxy) is 1. The van der Waals surface area contributed by atoms with E-state index >= 15 is 0 Å². The largest absolute Gasteiger partial charge is 0.508 e. The van der Waals surface area contributed by atoms with E-state index in [1.165, 1.54) is 24.2 Å². The van der Waals surface area contributed by atoms with Gasteiger partial charge in [0, 0.05) is 35.6 Å². The minimum absolute atomic E-state index is 0.0587. The fraction of sp³-hybridized carbons (Fsp3) is 0.316. The van der Waals surface area contributed by atoms with Gasteiger partial charge in [0.1, 0.15) is 11.5 Å². The van der Waals surface area contributed by atoms with Crippen molar-refractivity contribution in [3.8, 4) is 11.5 Å².